The maximum Gasteiger partial charge on any atom is 0.178 e. The summed E-state index contributed by atoms with van der Waals surface area (Å²) < 4.78 is 42.7. The van der Waals surface area contributed by atoms with Gasteiger partial charge < -0.3 is 4.74 Å². The molecule has 0 aliphatic heterocycles. The number of hydrogen-bond donors (Lipinski definition) is 0. The van der Waals surface area contributed by atoms with E-state index in [0.29, 0.717) is 5.75 Å². The molecule has 13 heavy (non-hydrogen) atoms. The van der Waals surface area contributed by atoms with Gasteiger partial charge in [-0.15, -0.1) is 0 Å². The third-order valence-corrected chi connectivity index (χ3v) is 3.03. The van der Waals surface area contributed by atoms with Crippen LogP contribution < -0.4 is 4.74 Å². The number of methoxy groups -OCH3 is 1. The van der Waals surface area contributed by atoms with Gasteiger partial charge in [0.2, 0.25) is 0 Å². The molecule has 0 saturated carbocycles. The predicted octanol–water partition coefficient (Wildman–Crippen LogP) is 1.49. The first-order valence-corrected chi connectivity index (χ1v) is 5.16. The van der Waals surface area contributed by atoms with Crippen molar-refractivity contribution in [3.63, 3.8) is 0 Å². The van der Waals surface area contributed by atoms with Crippen LogP contribution >= 0.6 is 0 Å². The molecule has 0 bridgehead atoms. The van der Waals surface area contributed by atoms with Crippen molar-refractivity contribution in [2.45, 2.75) is 11.8 Å². The van der Waals surface area contributed by atoms with E-state index < -0.39 is 15.5 Å². The first-order chi connectivity index (χ1) is 6.79. The molecule has 1 aromatic carbocycles. The average molecular weight is 201 g/mol. The van der Waals surface area contributed by atoms with E-state index in [1.165, 1.54) is 25.3 Å². The Kier molecular flexibility index (Phi) is 2.15. The van der Waals surface area contributed by atoms with Crippen LogP contribution in [0.1, 0.15) is 9.67 Å². The van der Waals surface area contributed by atoms with Gasteiger partial charge in [0.15, 0.2) is 9.84 Å². The zero-order valence-corrected chi connectivity index (χ0v) is 8.26. The Balaban J connectivity index is 3.29. The van der Waals surface area contributed by atoms with Gasteiger partial charge in [0.25, 0.3) is 0 Å². The van der Waals surface area contributed by atoms with Crippen LogP contribution in [0.15, 0.2) is 29.2 Å². The minimum absolute atomic E-state index is 0.0747. The predicted molar refractivity (Wildman–Crippen MR) is 50.7 cm³/mol. The zero-order valence-electron chi connectivity index (χ0n) is 9.44. The number of sulfone groups is 1. The molecule has 72 valence electrons. The summed E-state index contributed by atoms with van der Waals surface area (Å²) in [5.74, 6) is 0.389. The molecule has 0 heterocycles. The van der Waals surface area contributed by atoms with E-state index in [0.717, 1.165) is 6.92 Å². The van der Waals surface area contributed by atoms with Crippen LogP contribution in [-0.4, -0.2) is 21.2 Å². The molecule has 1 aromatic rings. The van der Waals surface area contributed by atoms with Crippen molar-refractivity contribution in [1.29, 1.82) is 0 Å². The van der Waals surface area contributed by atoms with Crippen LogP contribution in [0.5, 0.6) is 5.75 Å². The molecule has 0 aliphatic carbocycles. The Morgan fingerprint density at radius 1 is 1.69 bits per heavy atom. The molecule has 1 atom stereocenters. The third kappa shape index (κ3) is 2.21. The van der Waals surface area contributed by atoms with Gasteiger partial charge in [-0.05, 0) is 18.2 Å². The van der Waals surface area contributed by atoms with E-state index in [4.69, 9.17) is 7.48 Å². The van der Waals surface area contributed by atoms with E-state index >= 15 is 0 Å². The highest BCUT2D eigenvalue weighted by atomic mass is 32.2. The van der Waals surface area contributed by atoms with E-state index in [1.807, 2.05) is 0 Å². The lowest BCUT2D eigenvalue weighted by molar-refractivity contribution is 0.413. The molecule has 3 nitrogen and oxygen atoms in total. The molecule has 1 rings (SSSR count). The zero-order chi connectivity index (χ0) is 11.7. The Labute approximate surface area is 81.1 Å². The molecule has 0 spiro atoms. The smallest absolute Gasteiger partial charge is 0.178 e. The quantitative estimate of drug-likeness (QED) is 0.744. The largest absolute Gasteiger partial charge is 0.497 e. The summed E-state index contributed by atoms with van der Waals surface area (Å²) in [5.41, 5.74) is -2.29. The van der Waals surface area contributed by atoms with Crippen molar-refractivity contribution in [3.05, 3.63) is 24.3 Å². The molecular weight excluding hydrogens is 188 g/mol. The molecule has 0 saturated heterocycles. The first-order valence-electron chi connectivity index (χ1n) is 4.68. The Morgan fingerprint density at radius 2 is 2.38 bits per heavy atom. The van der Waals surface area contributed by atoms with Crippen LogP contribution in [0.25, 0.3) is 0 Å². The standard InChI is InChI=1S/C9H12O3S/c1-3-13(10,11)9-6-4-5-8(7-9)12-2/h4-7H,3H2,1-2H3/i3DH. The van der Waals surface area contributed by atoms with Crippen LogP contribution in [0.3, 0.4) is 0 Å². The number of ether oxygens (including phenoxy) is 1. The maximum absolute atomic E-state index is 11.7. The van der Waals surface area contributed by atoms with E-state index in [1.54, 1.807) is 6.07 Å². The first kappa shape index (κ1) is 7.38. The summed E-state index contributed by atoms with van der Waals surface area (Å²) in [7, 11) is -2.53. The molecule has 1 unspecified atom stereocenters. The van der Waals surface area contributed by atoms with Crippen LogP contribution in [-0.2, 0) is 9.84 Å². The van der Waals surface area contributed by atoms with Gasteiger partial charge in [-0.2, -0.15) is 0 Å². The highest BCUT2D eigenvalue weighted by Crippen LogP contribution is 2.17. The maximum atomic E-state index is 11.7. The fourth-order valence-electron chi connectivity index (χ4n) is 0.886. The van der Waals surface area contributed by atoms with E-state index in [9.17, 15) is 8.42 Å². The fraction of sp³-hybridized carbons (Fsp3) is 0.333. The van der Waals surface area contributed by atoms with E-state index in [-0.39, 0.29) is 4.90 Å². The molecule has 4 heteroatoms. The Morgan fingerprint density at radius 3 is 2.92 bits per heavy atom. The minimum Gasteiger partial charge on any atom is -0.497 e. The van der Waals surface area contributed by atoms with Crippen LogP contribution in [0, 0.1) is 0 Å². The monoisotopic (exact) mass is 201 g/mol. The fourth-order valence-corrected chi connectivity index (χ4v) is 1.65. The lowest BCUT2D eigenvalue weighted by Crippen LogP contribution is -2.03. The highest BCUT2D eigenvalue weighted by molar-refractivity contribution is 7.91. The van der Waals surface area contributed by atoms with Gasteiger partial charge in [0.05, 0.1) is 17.7 Å². The van der Waals surface area contributed by atoms with Gasteiger partial charge in [-0.3, -0.25) is 0 Å². The molecule has 0 N–H and O–H groups in total. The number of hydrogen-bond acceptors (Lipinski definition) is 3. The lowest BCUT2D eigenvalue weighted by atomic mass is 10.3. The van der Waals surface area contributed by atoms with Crippen LogP contribution in [0.4, 0.5) is 0 Å². The lowest BCUT2D eigenvalue weighted by Gasteiger charge is -2.03. The van der Waals surface area contributed by atoms with Crippen molar-refractivity contribution < 1.29 is 15.9 Å². The summed E-state index contributed by atoms with van der Waals surface area (Å²) >= 11 is 0. The van der Waals surface area contributed by atoms with Crippen LogP contribution in [0.2, 0.25) is 0 Å². The number of benzene rings is 1. The second-order valence-corrected chi connectivity index (χ2v) is 4.27. The summed E-state index contributed by atoms with van der Waals surface area (Å²) in [6.45, 7) is 1.02. The summed E-state index contributed by atoms with van der Waals surface area (Å²) in [4.78, 5) is -0.0747. The Bertz CT molecular complexity index is 449. The van der Waals surface area contributed by atoms with Crippen molar-refractivity contribution in [3.8, 4) is 5.75 Å². The SMILES string of the molecule is [1H]C([2H])(C)S(=O)(=O)c1cccc(OC)c1. The molecule has 0 aromatic heterocycles. The molecular formula is C9H12O3S. The average Bonchev–Trinajstić information content (AvgIpc) is 2.16. The third-order valence-electron chi connectivity index (χ3n) is 1.62. The van der Waals surface area contributed by atoms with Gasteiger partial charge in [0.1, 0.15) is 5.75 Å². The van der Waals surface area contributed by atoms with Crippen molar-refractivity contribution in [2.24, 2.45) is 0 Å². The van der Waals surface area contributed by atoms with Crippen molar-refractivity contribution >= 4 is 9.84 Å². The van der Waals surface area contributed by atoms with Gasteiger partial charge in [0, 0.05) is 2.74 Å². The molecule has 0 radical (unpaired) electrons. The Hall–Kier alpha value is -1.03. The second-order valence-electron chi connectivity index (χ2n) is 2.39. The second kappa shape index (κ2) is 3.79. The molecule has 0 fully saturated rings. The summed E-state index contributed by atoms with van der Waals surface area (Å²) in [6.07, 6.45) is 0. The van der Waals surface area contributed by atoms with E-state index in [2.05, 4.69) is 0 Å². The van der Waals surface area contributed by atoms with Gasteiger partial charge in [-0.25, -0.2) is 8.42 Å². The van der Waals surface area contributed by atoms with Crippen molar-refractivity contribution in [1.82, 2.24) is 0 Å². The highest BCUT2D eigenvalue weighted by Gasteiger charge is 2.11. The molecule has 0 amide bonds. The number of rotatable bonds is 3. The van der Waals surface area contributed by atoms with Gasteiger partial charge >= 0.3 is 0 Å². The summed E-state index contributed by atoms with van der Waals surface area (Å²) in [5, 5.41) is 0. The minimum atomic E-state index is -3.96. The summed E-state index contributed by atoms with van der Waals surface area (Å²) in [6, 6.07) is 5.76. The van der Waals surface area contributed by atoms with Crippen molar-refractivity contribution in [2.75, 3.05) is 12.8 Å². The van der Waals surface area contributed by atoms with Gasteiger partial charge in [-0.1, -0.05) is 13.0 Å². The normalized spacial score (nSPS) is 18.3. The topological polar surface area (TPSA) is 43.4 Å². The molecule has 0 aliphatic rings.